The molecule has 3 aromatic carbocycles. The van der Waals surface area contributed by atoms with E-state index in [0.29, 0.717) is 0 Å². The third kappa shape index (κ3) is 3.81. The molecule has 0 aromatic heterocycles. The second kappa shape index (κ2) is 7.75. The van der Waals surface area contributed by atoms with Crippen LogP contribution in [0.5, 0.6) is 5.75 Å². The molecular weight excluding hydrogens is 316 g/mol. The van der Waals surface area contributed by atoms with E-state index in [2.05, 4.69) is 0 Å². The van der Waals surface area contributed by atoms with Gasteiger partial charge < -0.3 is 4.74 Å². The summed E-state index contributed by atoms with van der Waals surface area (Å²) in [6.07, 6.45) is 1.98. The third-order valence-corrected chi connectivity index (χ3v) is 5.08. The zero-order valence-electron chi connectivity index (χ0n) is 13.4. The van der Waals surface area contributed by atoms with E-state index in [1.54, 1.807) is 7.11 Å². The van der Waals surface area contributed by atoms with Crippen molar-refractivity contribution < 1.29 is 8.95 Å². The molecule has 0 spiro atoms. The average molecular weight is 334 g/mol. The van der Waals surface area contributed by atoms with Crippen molar-refractivity contribution in [3.8, 4) is 5.75 Å². The quantitative estimate of drug-likeness (QED) is 0.614. The number of ether oxygens (including phenoxy) is 1. The van der Waals surface area contributed by atoms with Gasteiger partial charge in [0.1, 0.15) is 5.75 Å². The van der Waals surface area contributed by atoms with Crippen molar-refractivity contribution in [1.82, 2.24) is 0 Å². The summed E-state index contributed by atoms with van der Waals surface area (Å²) < 4.78 is 18.3. The van der Waals surface area contributed by atoms with Crippen molar-refractivity contribution in [2.24, 2.45) is 0 Å². The summed E-state index contributed by atoms with van der Waals surface area (Å²) in [5, 5.41) is 0. The highest BCUT2D eigenvalue weighted by atomic mass is 32.2. The first-order valence-corrected chi connectivity index (χ1v) is 8.81. The second-order valence-corrected chi connectivity index (χ2v) is 6.68. The Morgan fingerprint density at radius 2 is 1.42 bits per heavy atom. The summed E-state index contributed by atoms with van der Waals surface area (Å²) in [6.45, 7) is 0. The molecule has 0 saturated carbocycles. The van der Waals surface area contributed by atoms with Gasteiger partial charge in [0.25, 0.3) is 0 Å². The van der Waals surface area contributed by atoms with Gasteiger partial charge in [-0.1, -0.05) is 60.7 Å². The molecular formula is C21H18O2S. The number of rotatable bonds is 5. The summed E-state index contributed by atoms with van der Waals surface area (Å²) in [5.41, 5.74) is 1.94. The van der Waals surface area contributed by atoms with Gasteiger partial charge in [-0.2, -0.15) is 0 Å². The molecule has 0 N–H and O–H groups in total. The molecule has 0 aliphatic heterocycles. The molecule has 3 rings (SSSR count). The fraction of sp³-hybridized carbons (Fsp3) is 0.0476. The third-order valence-electron chi connectivity index (χ3n) is 3.63. The lowest BCUT2D eigenvalue weighted by Crippen LogP contribution is -1.96. The van der Waals surface area contributed by atoms with Gasteiger partial charge in [0.05, 0.1) is 22.8 Å². The Labute approximate surface area is 144 Å². The van der Waals surface area contributed by atoms with E-state index in [9.17, 15) is 4.21 Å². The Morgan fingerprint density at radius 1 is 0.833 bits per heavy atom. The number of hydrogen-bond donors (Lipinski definition) is 0. The smallest absolute Gasteiger partial charge is 0.118 e. The maximum atomic E-state index is 13.1. The summed E-state index contributed by atoms with van der Waals surface area (Å²) in [5.74, 6) is 0.781. The first-order valence-electron chi connectivity index (χ1n) is 7.66. The molecule has 0 heterocycles. The van der Waals surface area contributed by atoms with Gasteiger partial charge >= 0.3 is 0 Å². The van der Waals surface area contributed by atoms with Gasteiger partial charge in [-0.05, 0) is 41.5 Å². The summed E-state index contributed by atoms with van der Waals surface area (Å²) in [7, 11) is 0.376. The predicted octanol–water partition coefficient (Wildman–Crippen LogP) is 5.00. The van der Waals surface area contributed by atoms with E-state index in [4.69, 9.17) is 4.74 Å². The lowest BCUT2D eigenvalue weighted by atomic mass is 10.1. The summed E-state index contributed by atoms with van der Waals surface area (Å²) in [6, 6.07) is 27.1. The molecule has 2 nitrogen and oxygen atoms in total. The van der Waals surface area contributed by atoms with E-state index in [0.717, 1.165) is 26.7 Å². The molecule has 1 atom stereocenters. The molecule has 1 unspecified atom stereocenters. The van der Waals surface area contributed by atoms with Gasteiger partial charge in [-0.25, -0.2) is 4.21 Å². The molecule has 24 heavy (non-hydrogen) atoms. The van der Waals surface area contributed by atoms with Crippen molar-refractivity contribution in [3.63, 3.8) is 0 Å². The largest absolute Gasteiger partial charge is 0.497 e. The second-order valence-electron chi connectivity index (χ2n) is 5.23. The minimum Gasteiger partial charge on any atom is -0.497 e. The van der Waals surface area contributed by atoms with Crippen LogP contribution in [0.15, 0.2) is 89.8 Å². The van der Waals surface area contributed by atoms with Crippen molar-refractivity contribution in [3.05, 3.63) is 96.1 Å². The van der Waals surface area contributed by atoms with Crippen LogP contribution in [0.2, 0.25) is 0 Å². The molecule has 0 aliphatic carbocycles. The topological polar surface area (TPSA) is 26.3 Å². The highest BCUT2D eigenvalue weighted by Gasteiger charge is 2.13. The van der Waals surface area contributed by atoms with Gasteiger partial charge in [0.15, 0.2) is 0 Å². The maximum Gasteiger partial charge on any atom is 0.118 e. The molecule has 0 amide bonds. The fourth-order valence-corrected chi connectivity index (χ4v) is 3.62. The molecule has 0 bridgehead atoms. The number of methoxy groups -OCH3 is 1. The molecule has 0 fully saturated rings. The van der Waals surface area contributed by atoms with Crippen LogP contribution in [0.4, 0.5) is 0 Å². The molecule has 3 aromatic rings. The normalized spacial score (nSPS) is 12.6. The SMILES string of the molecule is COc1ccc(/C(=C\c2ccccc2)S(=O)c2ccccc2)cc1. The van der Waals surface area contributed by atoms with Gasteiger partial charge in [-0.15, -0.1) is 0 Å². The van der Waals surface area contributed by atoms with Crippen LogP contribution in [-0.4, -0.2) is 11.3 Å². The number of hydrogen-bond acceptors (Lipinski definition) is 2. The van der Waals surface area contributed by atoms with Crippen molar-refractivity contribution in [2.75, 3.05) is 7.11 Å². The van der Waals surface area contributed by atoms with Gasteiger partial charge in [0, 0.05) is 4.90 Å². The van der Waals surface area contributed by atoms with Crippen LogP contribution in [0.25, 0.3) is 11.0 Å². The highest BCUT2D eigenvalue weighted by molar-refractivity contribution is 7.94. The Morgan fingerprint density at radius 3 is 2.00 bits per heavy atom. The van der Waals surface area contributed by atoms with Crippen LogP contribution < -0.4 is 4.74 Å². The standard InChI is InChI=1S/C21H18O2S/c1-23-19-14-12-18(13-15-19)21(16-17-8-4-2-5-9-17)24(22)20-10-6-3-7-11-20/h2-16H,1H3/b21-16+. The van der Waals surface area contributed by atoms with Crippen LogP contribution >= 0.6 is 0 Å². The molecule has 0 aliphatic rings. The van der Waals surface area contributed by atoms with E-state index in [-0.39, 0.29) is 0 Å². The zero-order valence-corrected chi connectivity index (χ0v) is 14.2. The Kier molecular flexibility index (Phi) is 5.24. The minimum absolute atomic E-state index is 0.773. The van der Waals surface area contributed by atoms with Crippen molar-refractivity contribution in [2.45, 2.75) is 4.90 Å². The van der Waals surface area contributed by atoms with E-state index >= 15 is 0 Å². The first kappa shape index (κ1) is 16.2. The number of benzene rings is 3. The monoisotopic (exact) mass is 334 g/mol. The molecule has 0 radical (unpaired) electrons. The van der Waals surface area contributed by atoms with Crippen LogP contribution in [0, 0.1) is 0 Å². The van der Waals surface area contributed by atoms with Gasteiger partial charge in [-0.3, -0.25) is 0 Å². The Hall–Kier alpha value is -2.65. The Bertz CT molecular complexity index is 838. The van der Waals surface area contributed by atoms with E-state index in [1.807, 2.05) is 91.0 Å². The minimum atomic E-state index is -1.26. The zero-order chi connectivity index (χ0) is 16.8. The lowest BCUT2D eigenvalue weighted by Gasteiger charge is -2.10. The summed E-state index contributed by atoms with van der Waals surface area (Å²) in [4.78, 5) is 1.56. The van der Waals surface area contributed by atoms with Gasteiger partial charge in [0.2, 0.25) is 0 Å². The fourth-order valence-electron chi connectivity index (χ4n) is 2.37. The molecule has 3 heteroatoms. The van der Waals surface area contributed by atoms with Crippen LogP contribution in [0.3, 0.4) is 0 Å². The predicted molar refractivity (Wildman–Crippen MR) is 100 cm³/mol. The highest BCUT2D eigenvalue weighted by Crippen LogP contribution is 2.28. The molecule has 120 valence electrons. The van der Waals surface area contributed by atoms with E-state index in [1.165, 1.54) is 0 Å². The first-order chi connectivity index (χ1) is 11.8. The van der Waals surface area contributed by atoms with E-state index < -0.39 is 10.8 Å². The van der Waals surface area contributed by atoms with Crippen molar-refractivity contribution in [1.29, 1.82) is 0 Å². The molecule has 0 saturated heterocycles. The van der Waals surface area contributed by atoms with Crippen LogP contribution in [0.1, 0.15) is 11.1 Å². The van der Waals surface area contributed by atoms with Crippen molar-refractivity contribution >= 4 is 21.8 Å². The average Bonchev–Trinajstić information content (AvgIpc) is 2.67. The Balaban J connectivity index is 2.06. The lowest BCUT2D eigenvalue weighted by molar-refractivity contribution is 0.415. The maximum absolute atomic E-state index is 13.1. The summed E-state index contributed by atoms with van der Waals surface area (Å²) >= 11 is 0. The van der Waals surface area contributed by atoms with Crippen LogP contribution in [-0.2, 0) is 10.8 Å².